The standard InChI is InChI=1S/C12H23N5O.HI/c1-9-10(11(18-7)17(6)14-9)8-13-12(15(2)3)16(4)5;/h8H2,1-7H3;1H. The molecular weight excluding hydrogens is 357 g/mol. The van der Waals surface area contributed by atoms with Crippen LogP contribution in [0.2, 0.25) is 0 Å². The Balaban J connectivity index is 0.00000324. The van der Waals surface area contributed by atoms with Gasteiger partial charge >= 0.3 is 0 Å². The number of hydrogen-bond donors (Lipinski definition) is 0. The van der Waals surface area contributed by atoms with Crippen molar-refractivity contribution < 1.29 is 4.74 Å². The number of rotatable bonds is 3. The van der Waals surface area contributed by atoms with E-state index in [1.807, 2.05) is 52.0 Å². The number of guanidine groups is 1. The molecule has 0 bridgehead atoms. The molecule has 0 saturated heterocycles. The Morgan fingerprint density at radius 2 is 1.79 bits per heavy atom. The molecule has 0 fully saturated rings. The van der Waals surface area contributed by atoms with Gasteiger partial charge in [-0.15, -0.1) is 24.0 Å². The number of hydrogen-bond acceptors (Lipinski definition) is 3. The molecule has 1 rings (SSSR count). The Bertz CT molecular complexity index is 430. The monoisotopic (exact) mass is 381 g/mol. The summed E-state index contributed by atoms with van der Waals surface area (Å²) in [6.45, 7) is 2.53. The molecule has 1 aromatic heterocycles. The highest BCUT2D eigenvalue weighted by Gasteiger charge is 2.14. The second-order valence-corrected chi connectivity index (χ2v) is 4.60. The first-order valence-electron chi connectivity index (χ1n) is 5.84. The highest BCUT2D eigenvalue weighted by atomic mass is 127. The Kier molecular flexibility index (Phi) is 7.17. The van der Waals surface area contributed by atoms with Crippen LogP contribution >= 0.6 is 24.0 Å². The van der Waals surface area contributed by atoms with Crippen LogP contribution in [0, 0.1) is 6.92 Å². The number of nitrogens with zero attached hydrogens (tertiary/aromatic N) is 5. The van der Waals surface area contributed by atoms with Gasteiger partial charge in [0.25, 0.3) is 0 Å². The molecule has 0 aliphatic rings. The van der Waals surface area contributed by atoms with Gasteiger partial charge in [-0.3, -0.25) is 0 Å². The van der Waals surface area contributed by atoms with E-state index in [9.17, 15) is 0 Å². The minimum absolute atomic E-state index is 0. The van der Waals surface area contributed by atoms with Crippen LogP contribution in [0.3, 0.4) is 0 Å². The van der Waals surface area contributed by atoms with E-state index in [1.165, 1.54) is 0 Å². The van der Waals surface area contributed by atoms with Crippen LogP contribution in [0.15, 0.2) is 4.99 Å². The molecular formula is C12H24IN5O. The molecule has 0 saturated carbocycles. The summed E-state index contributed by atoms with van der Waals surface area (Å²) in [5, 5.41) is 4.34. The maximum absolute atomic E-state index is 5.35. The van der Waals surface area contributed by atoms with Crippen molar-refractivity contribution in [1.29, 1.82) is 0 Å². The van der Waals surface area contributed by atoms with Gasteiger partial charge in [0, 0.05) is 35.2 Å². The van der Waals surface area contributed by atoms with Crippen LogP contribution in [0.5, 0.6) is 5.88 Å². The second-order valence-electron chi connectivity index (χ2n) is 4.60. The van der Waals surface area contributed by atoms with Crippen molar-refractivity contribution in [3.63, 3.8) is 0 Å². The number of methoxy groups -OCH3 is 1. The lowest BCUT2D eigenvalue weighted by molar-refractivity contribution is 0.369. The van der Waals surface area contributed by atoms with Crippen LogP contribution in [0.25, 0.3) is 0 Å². The van der Waals surface area contributed by atoms with Gasteiger partial charge in [-0.2, -0.15) is 5.10 Å². The molecule has 0 aliphatic heterocycles. The van der Waals surface area contributed by atoms with Gasteiger partial charge in [-0.1, -0.05) is 0 Å². The van der Waals surface area contributed by atoms with Gasteiger partial charge < -0.3 is 14.5 Å². The quantitative estimate of drug-likeness (QED) is 0.450. The molecule has 110 valence electrons. The first-order valence-corrected chi connectivity index (χ1v) is 5.84. The number of halogens is 1. The van der Waals surface area contributed by atoms with Crippen molar-refractivity contribution in [3.05, 3.63) is 11.3 Å². The first-order chi connectivity index (χ1) is 8.38. The number of aliphatic imine (C=N–C) groups is 1. The van der Waals surface area contributed by atoms with Crippen LogP contribution < -0.4 is 4.74 Å². The van der Waals surface area contributed by atoms with Crippen LogP contribution in [-0.2, 0) is 13.6 Å². The van der Waals surface area contributed by atoms with Gasteiger partial charge in [0.2, 0.25) is 5.88 Å². The fourth-order valence-electron chi connectivity index (χ4n) is 1.95. The van der Waals surface area contributed by atoms with E-state index in [0.717, 1.165) is 23.1 Å². The largest absolute Gasteiger partial charge is 0.481 e. The molecule has 0 aliphatic carbocycles. The lowest BCUT2D eigenvalue weighted by atomic mass is 10.2. The smallest absolute Gasteiger partial charge is 0.216 e. The maximum Gasteiger partial charge on any atom is 0.216 e. The fraction of sp³-hybridized carbons (Fsp3) is 0.667. The highest BCUT2D eigenvalue weighted by Crippen LogP contribution is 2.21. The number of aromatic nitrogens is 2. The Morgan fingerprint density at radius 3 is 2.21 bits per heavy atom. The topological polar surface area (TPSA) is 45.9 Å². The molecule has 0 N–H and O–H groups in total. The van der Waals surface area contributed by atoms with Crippen molar-refractivity contribution in [1.82, 2.24) is 19.6 Å². The predicted molar refractivity (Wildman–Crippen MR) is 88.4 cm³/mol. The molecule has 0 aromatic carbocycles. The zero-order valence-electron chi connectivity index (χ0n) is 12.8. The van der Waals surface area contributed by atoms with E-state index in [-0.39, 0.29) is 24.0 Å². The van der Waals surface area contributed by atoms with Gasteiger partial charge in [-0.25, -0.2) is 9.67 Å². The molecule has 1 aromatic rings. The summed E-state index contributed by atoms with van der Waals surface area (Å²) < 4.78 is 7.10. The molecule has 0 amide bonds. The average Bonchev–Trinajstić information content (AvgIpc) is 2.52. The predicted octanol–water partition coefficient (Wildman–Crippen LogP) is 1.33. The Morgan fingerprint density at radius 1 is 1.26 bits per heavy atom. The number of aryl methyl sites for hydroxylation is 2. The second kappa shape index (κ2) is 7.56. The van der Waals surface area contributed by atoms with Gasteiger partial charge in [0.1, 0.15) is 0 Å². The van der Waals surface area contributed by atoms with Gasteiger partial charge in [0.05, 0.1) is 24.9 Å². The number of ether oxygens (including phenoxy) is 1. The zero-order valence-corrected chi connectivity index (χ0v) is 15.1. The summed E-state index contributed by atoms with van der Waals surface area (Å²) in [7, 11) is 11.4. The van der Waals surface area contributed by atoms with Gasteiger partial charge in [0.15, 0.2) is 5.96 Å². The summed E-state index contributed by atoms with van der Waals surface area (Å²) in [6.07, 6.45) is 0. The van der Waals surface area contributed by atoms with E-state index < -0.39 is 0 Å². The molecule has 1 heterocycles. The third-order valence-electron chi connectivity index (χ3n) is 2.66. The van der Waals surface area contributed by atoms with Gasteiger partial charge in [-0.05, 0) is 6.92 Å². The molecule has 19 heavy (non-hydrogen) atoms. The Labute approximate surface area is 132 Å². The van der Waals surface area contributed by atoms with Crippen LogP contribution in [0.4, 0.5) is 0 Å². The molecule has 6 nitrogen and oxygen atoms in total. The lowest BCUT2D eigenvalue weighted by Crippen LogP contribution is -2.35. The first kappa shape index (κ1) is 18.0. The molecule has 7 heteroatoms. The zero-order chi connectivity index (χ0) is 13.9. The van der Waals surface area contributed by atoms with Crippen molar-refractivity contribution in [2.75, 3.05) is 35.3 Å². The summed E-state index contributed by atoms with van der Waals surface area (Å²) in [4.78, 5) is 8.58. The van der Waals surface area contributed by atoms with Crippen LogP contribution in [-0.4, -0.2) is 60.8 Å². The molecule has 0 unspecified atom stereocenters. The third kappa shape index (κ3) is 4.26. The van der Waals surface area contributed by atoms with Crippen molar-refractivity contribution in [3.8, 4) is 5.88 Å². The lowest BCUT2D eigenvalue weighted by Gasteiger charge is -2.22. The summed E-state index contributed by atoms with van der Waals surface area (Å²) >= 11 is 0. The minimum Gasteiger partial charge on any atom is -0.481 e. The molecule has 0 radical (unpaired) electrons. The summed E-state index contributed by atoms with van der Waals surface area (Å²) in [6, 6.07) is 0. The van der Waals surface area contributed by atoms with E-state index in [2.05, 4.69) is 10.1 Å². The van der Waals surface area contributed by atoms with E-state index >= 15 is 0 Å². The maximum atomic E-state index is 5.35. The summed E-state index contributed by atoms with van der Waals surface area (Å²) in [5.74, 6) is 1.69. The average molecular weight is 381 g/mol. The third-order valence-corrected chi connectivity index (χ3v) is 2.66. The SMILES string of the molecule is COc1c(CN=C(N(C)C)N(C)C)c(C)nn1C.I. The fourth-order valence-corrected chi connectivity index (χ4v) is 1.95. The van der Waals surface area contributed by atoms with Crippen molar-refractivity contribution in [2.24, 2.45) is 12.0 Å². The highest BCUT2D eigenvalue weighted by molar-refractivity contribution is 14.0. The van der Waals surface area contributed by atoms with E-state index in [0.29, 0.717) is 6.54 Å². The van der Waals surface area contributed by atoms with Crippen molar-refractivity contribution in [2.45, 2.75) is 13.5 Å². The van der Waals surface area contributed by atoms with E-state index in [4.69, 9.17) is 4.74 Å². The normalized spacial score (nSPS) is 9.63. The minimum atomic E-state index is 0. The van der Waals surface area contributed by atoms with E-state index in [1.54, 1.807) is 11.8 Å². The Hall–Kier alpha value is -0.990. The molecule has 0 atom stereocenters. The van der Waals surface area contributed by atoms with Crippen molar-refractivity contribution >= 4 is 29.9 Å². The van der Waals surface area contributed by atoms with Crippen LogP contribution in [0.1, 0.15) is 11.3 Å². The molecule has 0 spiro atoms. The summed E-state index contributed by atoms with van der Waals surface area (Å²) in [5.41, 5.74) is 1.98.